The van der Waals surface area contributed by atoms with E-state index in [0.29, 0.717) is 67.6 Å². The van der Waals surface area contributed by atoms with Crippen LogP contribution in [0.15, 0.2) is 54.7 Å². The molecule has 26 heteroatoms. The summed E-state index contributed by atoms with van der Waals surface area (Å²) in [5, 5.41) is 32.2. The number of hydrogen-bond acceptors (Lipinski definition) is 15. The number of nitrogens with zero attached hydrogens (tertiary/aromatic N) is 4. The van der Waals surface area contributed by atoms with Gasteiger partial charge in [-0.25, -0.2) is 23.6 Å². The van der Waals surface area contributed by atoms with Gasteiger partial charge in [-0.3, -0.25) is 35.5 Å². The van der Waals surface area contributed by atoms with Gasteiger partial charge in [-0.15, -0.1) is 0 Å². The largest absolute Gasteiger partial charge is 0.469 e. The minimum Gasteiger partial charge on any atom is -0.469 e. The number of ether oxygens (including phenoxy) is 4. The van der Waals surface area contributed by atoms with Crippen molar-refractivity contribution in [2.45, 2.75) is 117 Å². The lowest BCUT2D eigenvalue weighted by molar-refractivity contribution is -0.231. The summed E-state index contributed by atoms with van der Waals surface area (Å²) in [6.45, 7) is 8.75. The van der Waals surface area contributed by atoms with Gasteiger partial charge in [0.1, 0.15) is 23.5 Å². The van der Waals surface area contributed by atoms with Crippen molar-refractivity contribution in [3.63, 3.8) is 0 Å². The van der Waals surface area contributed by atoms with E-state index in [0.717, 1.165) is 53.3 Å². The first-order valence-corrected chi connectivity index (χ1v) is 24.8. The summed E-state index contributed by atoms with van der Waals surface area (Å²) >= 11 is 0. The number of alkyl carbamates (subject to hydrolysis) is 1. The highest BCUT2D eigenvalue weighted by Crippen LogP contribution is 2.45. The summed E-state index contributed by atoms with van der Waals surface area (Å²) in [5.74, 6) is -3.99. The molecular weight excluding hydrogens is 1060 g/mol. The summed E-state index contributed by atoms with van der Waals surface area (Å²) in [6, 6.07) is 7.74. The second-order valence-electron chi connectivity index (χ2n) is 20.6. The molecule has 2 saturated heterocycles. The molecule has 3 aromatic rings. The number of aliphatic hydroxyl groups is 1. The Labute approximate surface area is 451 Å². The molecule has 2 aliphatic rings. The number of piperazine rings is 1. The molecule has 3 amide bonds. The number of halogens is 8. The van der Waals surface area contributed by atoms with E-state index in [1.807, 2.05) is 17.4 Å². The van der Waals surface area contributed by atoms with E-state index in [9.17, 15) is 50.6 Å². The van der Waals surface area contributed by atoms with E-state index in [1.54, 1.807) is 18.3 Å². The Kier molecular flexibility index (Phi) is 20.6. The number of pyridine rings is 1. The van der Waals surface area contributed by atoms with Crippen molar-refractivity contribution in [1.29, 1.82) is 10.8 Å². The van der Waals surface area contributed by atoms with Crippen LogP contribution < -0.4 is 21.0 Å². The van der Waals surface area contributed by atoms with E-state index in [-0.39, 0.29) is 12.1 Å². The third-order valence-corrected chi connectivity index (χ3v) is 14.1. The average Bonchev–Trinajstić information content (AvgIpc) is 3.35. The van der Waals surface area contributed by atoms with Crippen LogP contribution in [-0.2, 0) is 46.3 Å². The van der Waals surface area contributed by atoms with Gasteiger partial charge in [0.25, 0.3) is 0 Å². The number of aromatic nitrogens is 1. The van der Waals surface area contributed by atoms with E-state index >= 15 is 8.78 Å². The number of rotatable bonds is 19. The number of benzene rings is 2. The lowest BCUT2D eigenvalue weighted by Crippen LogP contribution is -2.63. The highest BCUT2D eigenvalue weighted by Gasteiger charge is 2.57. The molecule has 0 aliphatic carbocycles. The van der Waals surface area contributed by atoms with Crippen molar-refractivity contribution in [3.05, 3.63) is 94.2 Å². The summed E-state index contributed by atoms with van der Waals surface area (Å²) < 4.78 is 138. The molecule has 3 heterocycles. The molecule has 18 nitrogen and oxygen atoms in total. The minimum absolute atomic E-state index is 0.190. The van der Waals surface area contributed by atoms with Crippen LogP contribution in [0.5, 0.6) is 0 Å². The van der Waals surface area contributed by atoms with Gasteiger partial charge in [-0.1, -0.05) is 37.8 Å². The number of alkyl halides is 6. The zero-order chi connectivity index (χ0) is 58.9. The predicted molar refractivity (Wildman–Crippen MR) is 271 cm³/mol. The van der Waals surface area contributed by atoms with Gasteiger partial charge in [0, 0.05) is 73.6 Å². The fraction of sp³-hybridized carbons (Fsp3) is 0.528. The Morgan fingerprint density at radius 3 is 1.96 bits per heavy atom. The van der Waals surface area contributed by atoms with E-state index in [4.69, 9.17) is 20.3 Å². The van der Waals surface area contributed by atoms with Gasteiger partial charge in [0.15, 0.2) is 5.90 Å². The first kappa shape index (κ1) is 62.9. The molecule has 0 spiro atoms. The molecule has 0 bridgehead atoms. The average molecular weight is 1120 g/mol. The van der Waals surface area contributed by atoms with Gasteiger partial charge in [0.05, 0.1) is 68.8 Å². The maximum atomic E-state index is 15.9. The van der Waals surface area contributed by atoms with Crippen LogP contribution in [0.3, 0.4) is 0 Å². The van der Waals surface area contributed by atoms with Gasteiger partial charge in [0.2, 0.25) is 17.7 Å². The summed E-state index contributed by atoms with van der Waals surface area (Å²) in [7, 11) is 1.69. The first-order valence-electron chi connectivity index (χ1n) is 24.8. The monoisotopic (exact) mass is 1120 g/mol. The molecule has 79 heavy (non-hydrogen) atoms. The quantitative estimate of drug-likeness (QED) is 0.0191. The Balaban J connectivity index is 1.50. The SMILES string of the molecule is COC(=O)C[C@H](C(=O)NN(Cc1c(F)cc(C(=N)OC(C)=N)cc1F)C[C@H](O)[C@H](Cc1ccc(C#Cc2ccc(N3C[C@@H](C)N(C4COC4)C[C@H]3C)nc2)cc1)NC(=O)[C@@H](NC(=O)OC)C(C)(C)C(F)(F)F)C(C)(C)C(F)(F)F. The van der Waals surface area contributed by atoms with Crippen molar-refractivity contribution < 1.29 is 78.4 Å². The third kappa shape index (κ3) is 15.9. The topological polar surface area (TPSA) is 232 Å². The van der Waals surface area contributed by atoms with E-state index in [2.05, 4.69) is 60.7 Å². The number of aliphatic hydroxyl groups excluding tert-OH is 1. The van der Waals surface area contributed by atoms with Crippen LogP contribution >= 0.6 is 0 Å². The molecule has 6 N–H and O–H groups in total. The molecular formula is C53H65F8N9O9. The second-order valence-corrected chi connectivity index (χ2v) is 20.6. The van der Waals surface area contributed by atoms with Crippen LogP contribution in [0.4, 0.5) is 45.7 Å². The second kappa shape index (κ2) is 25.9. The fourth-order valence-electron chi connectivity index (χ4n) is 8.76. The molecule has 5 rings (SSSR count). The third-order valence-electron chi connectivity index (χ3n) is 14.1. The number of hydrogen-bond donors (Lipinski definition) is 6. The Bertz CT molecular complexity index is 2730. The van der Waals surface area contributed by atoms with Gasteiger partial charge >= 0.3 is 24.4 Å². The summed E-state index contributed by atoms with van der Waals surface area (Å²) in [5.41, 5.74) is -3.98. The lowest BCUT2D eigenvalue weighted by atomic mass is 9.75. The van der Waals surface area contributed by atoms with Crippen molar-refractivity contribution in [2.24, 2.45) is 16.7 Å². The minimum atomic E-state index is -5.16. The normalized spacial score (nSPS) is 17.9. The van der Waals surface area contributed by atoms with Crippen LogP contribution in [0.25, 0.3) is 0 Å². The number of anilines is 1. The van der Waals surface area contributed by atoms with Crippen molar-refractivity contribution in [1.82, 2.24) is 31.0 Å². The maximum Gasteiger partial charge on any atom is 0.407 e. The van der Waals surface area contributed by atoms with E-state index < -0.39 is 132 Å². The van der Waals surface area contributed by atoms with Crippen molar-refractivity contribution in [3.8, 4) is 11.8 Å². The Morgan fingerprint density at radius 1 is 0.848 bits per heavy atom. The highest BCUT2D eigenvalue weighted by molar-refractivity contribution is 5.98. The zero-order valence-corrected chi connectivity index (χ0v) is 44.9. The number of carbonyl (C=O) groups excluding carboxylic acids is 4. The van der Waals surface area contributed by atoms with Gasteiger partial charge in [-0.05, 0) is 76.1 Å². The molecule has 1 aromatic heterocycles. The molecule has 2 fully saturated rings. The Morgan fingerprint density at radius 2 is 1.44 bits per heavy atom. The summed E-state index contributed by atoms with van der Waals surface area (Å²) in [4.78, 5) is 62.3. The number of hydrazine groups is 1. The molecule has 6 atom stereocenters. The molecule has 432 valence electrons. The molecule has 0 radical (unpaired) electrons. The number of esters is 1. The molecule has 0 unspecified atom stereocenters. The van der Waals surface area contributed by atoms with E-state index in [1.165, 1.54) is 12.1 Å². The lowest BCUT2D eigenvalue weighted by Gasteiger charge is -2.49. The zero-order valence-electron chi connectivity index (χ0n) is 44.9. The molecule has 2 aromatic carbocycles. The smallest absolute Gasteiger partial charge is 0.407 e. The number of amides is 3. The molecule has 0 saturated carbocycles. The number of carbonyl (C=O) groups is 4. The standard InChI is InChI=1S/C53H65F8N9O9/c1-29-24-70(30(2)23-69(29)36-27-78-28-36)43-17-16-34(22-64-43)15-12-32-10-13-33(14-11-32)18-41(65-48(74)45(66-49(75)77-9)51(6,7)53(59,60)61)42(71)26-68(25-37-39(54)19-35(20-40(37)55)46(63)79-31(3)62)67-47(73)38(21-44(72)76-8)50(4,5)52(56,57)58/h10-11,13-14,16-17,19-20,22,29-30,36,38,41-42,45,62-63,71H,18,21,23-28H2,1-9H3,(H,65,74)(H,66,75)(H,67,73)/t29-,30-,38-,41+,42+,45-/m1/s1. The first-order chi connectivity index (χ1) is 36.8. The summed E-state index contributed by atoms with van der Waals surface area (Å²) in [6.07, 6.45) is -13.9. The molecule has 2 aliphatic heterocycles. The maximum absolute atomic E-state index is 15.9. The predicted octanol–water partition coefficient (Wildman–Crippen LogP) is 6.40. The van der Waals surface area contributed by atoms with Gasteiger partial charge in [-0.2, -0.15) is 26.3 Å². The van der Waals surface area contributed by atoms with Crippen LogP contribution in [-0.4, -0.2) is 151 Å². The van der Waals surface area contributed by atoms with Crippen LogP contribution in [0.1, 0.15) is 82.7 Å². The van der Waals surface area contributed by atoms with Crippen LogP contribution in [0.2, 0.25) is 0 Å². The van der Waals surface area contributed by atoms with Crippen molar-refractivity contribution in [2.75, 3.05) is 52.0 Å². The van der Waals surface area contributed by atoms with Crippen LogP contribution in [0, 0.1) is 51.0 Å². The Hall–Kier alpha value is -6.95. The number of methoxy groups -OCH3 is 2. The fourth-order valence-corrected chi connectivity index (χ4v) is 8.76. The van der Waals surface area contributed by atoms with Gasteiger partial charge < -0.3 is 39.6 Å². The number of nitrogens with one attached hydrogen (secondary N) is 5. The highest BCUT2D eigenvalue weighted by atomic mass is 19.4. The van der Waals surface area contributed by atoms with Crippen molar-refractivity contribution >= 4 is 41.5 Å².